The van der Waals surface area contributed by atoms with Gasteiger partial charge in [0.25, 0.3) is 5.91 Å². The highest BCUT2D eigenvalue weighted by atomic mass is 35.5. The Bertz CT molecular complexity index is 684. The zero-order chi connectivity index (χ0) is 17.5. The Hall–Kier alpha value is -1.79. The van der Waals surface area contributed by atoms with Gasteiger partial charge in [-0.25, -0.2) is 4.98 Å². The SMILES string of the molecule is O=C(COc1ccc(Cl)cc1)NCCc1csc(N2CCCCC2)n1. The van der Waals surface area contributed by atoms with E-state index in [1.54, 1.807) is 35.6 Å². The summed E-state index contributed by atoms with van der Waals surface area (Å²) in [7, 11) is 0. The lowest BCUT2D eigenvalue weighted by molar-refractivity contribution is -0.123. The number of nitrogens with zero attached hydrogens (tertiary/aromatic N) is 2. The highest BCUT2D eigenvalue weighted by molar-refractivity contribution is 7.13. The van der Waals surface area contributed by atoms with Gasteiger partial charge in [-0.2, -0.15) is 0 Å². The summed E-state index contributed by atoms with van der Waals surface area (Å²) < 4.78 is 5.42. The molecule has 1 amide bonds. The number of halogens is 1. The molecule has 0 spiro atoms. The van der Waals surface area contributed by atoms with Crippen molar-refractivity contribution >= 4 is 34.0 Å². The normalized spacial score (nSPS) is 14.4. The maximum absolute atomic E-state index is 11.8. The number of benzene rings is 1. The molecule has 1 saturated heterocycles. The summed E-state index contributed by atoms with van der Waals surface area (Å²) in [6, 6.07) is 6.95. The number of carbonyl (C=O) groups is 1. The van der Waals surface area contributed by atoms with Crippen LogP contribution in [0.4, 0.5) is 5.13 Å². The van der Waals surface area contributed by atoms with Crippen molar-refractivity contribution in [2.45, 2.75) is 25.7 Å². The van der Waals surface area contributed by atoms with Crippen molar-refractivity contribution in [2.24, 2.45) is 0 Å². The molecular weight excluding hydrogens is 358 g/mol. The minimum Gasteiger partial charge on any atom is -0.484 e. The van der Waals surface area contributed by atoms with Crippen LogP contribution < -0.4 is 15.0 Å². The van der Waals surface area contributed by atoms with E-state index >= 15 is 0 Å². The fourth-order valence-electron chi connectivity index (χ4n) is 2.70. The van der Waals surface area contributed by atoms with Crippen molar-refractivity contribution in [2.75, 3.05) is 31.1 Å². The number of piperidine rings is 1. The second-order valence-corrected chi connectivity index (χ2v) is 7.28. The summed E-state index contributed by atoms with van der Waals surface area (Å²) in [4.78, 5) is 18.9. The van der Waals surface area contributed by atoms with Crippen LogP contribution in [0.2, 0.25) is 5.02 Å². The molecule has 1 aromatic heterocycles. The van der Waals surface area contributed by atoms with Gasteiger partial charge < -0.3 is 15.0 Å². The molecule has 1 N–H and O–H groups in total. The van der Waals surface area contributed by atoms with E-state index in [2.05, 4.69) is 20.6 Å². The van der Waals surface area contributed by atoms with Crippen LogP contribution in [-0.2, 0) is 11.2 Å². The zero-order valence-corrected chi connectivity index (χ0v) is 15.6. The first-order chi connectivity index (χ1) is 12.2. The van der Waals surface area contributed by atoms with Gasteiger partial charge >= 0.3 is 0 Å². The van der Waals surface area contributed by atoms with E-state index in [4.69, 9.17) is 16.3 Å². The Kier molecular flexibility index (Phi) is 6.53. The van der Waals surface area contributed by atoms with Gasteiger partial charge in [-0.05, 0) is 43.5 Å². The summed E-state index contributed by atoms with van der Waals surface area (Å²) >= 11 is 7.50. The van der Waals surface area contributed by atoms with E-state index in [-0.39, 0.29) is 12.5 Å². The quantitative estimate of drug-likeness (QED) is 0.799. The van der Waals surface area contributed by atoms with Gasteiger partial charge in [-0.3, -0.25) is 4.79 Å². The molecule has 1 aliphatic rings. The van der Waals surface area contributed by atoms with Crippen LogP contribution >= 0.6 is 22.9 Å². The first kappa shape index (κ1) is 18.0. The molecule has 0 saturated carbocycles. The lowest BCUT2D eigenvalue weighted by Gasteiger charge is -2.25. The van der Waals surface area contributed by atoms with Gasteiger partial charge in [0, 0.05) is 36.5 Å². The summed E-state index contributed by atoms with van der Waals surface area (Å²) in [6.07, 6.45) is 4.55. The number of hydrogen-bond acceptors (Lipinski definition) is 5. The first-order valence-corrected chi connectivity index (χ1v) is 9.81. The number of aromatic nitrogens is 1. The topological polar surface area (TPSA) is 54.5 Å². The molecule has 134 valence electrons. The second-order valence-electron chi connectivity index (χ2n) is 6.01. The number of thiazole rings is 1. The van der Waals surface area contributed by atoms with Crippen molar-refractivity contribution in [1.29, 1.82) is 0 Å². The molecule has 25 heavy (non-hydrogen) atoms. The smallest absolute Gasteiger partial charge is 0.257 e. The lowest BCUT2D eigenvalue weighted by Crippen LogP contribution is -2.31. The van der Waals surface area contributed by atoms with Crippen LogP contribution in [0.3, 0.4) is 0 Å². The minimum atomic E-state index is -0.138. The molecule has 3 rings (SSSR count). The van der Waals surface area contributed by atoms with Gasteiger partial charge in [0.05, 0.1) is 5.69 Å². The van der Waals surface area contributed by atoms with Gasteiger partial charge in [-0.15, -0.1) is 11.3 Å². The van der Waals surface area contributed by atoms with Crippen molar-refractivity contribution in [3.05, 3.63) is 40.4 Å². The van der Waals surface area contributed by atoms with E-state index in [1.165, 1.54) is 19.3 Å². The van der Waals surface area contributed by atoms with Crippen LogP contribution in [0.15, 0.2) is 29.6 Å². The molecule has 1 aromatic carbocycles. The molecule has 2 heterocycles. The van der Waals surface area contributed by atoms with E-state index in [9.17, 15) is 4.79 Å². The molecule has 0 radical (unpaired) electrons. The highest BCUT2D eigenvalue weighted by Crippen LogP contribution is 2.24. The summed E-state index contributed by atoms with van der Waals surface area (Å²) in [5.41, 5.74) is 1.03. The predicted molar refractivity (Wildman–Crippen MR) is 102 cm³/mol. The van der Waals surface area contributed by atoms with Crippen molar-refractivity contribution in [1.82, 2.24) is 10.3 Å². The number of hydrogen-bond donors (Lipinski definition) is 1. The summed E-state index contributed by atoms with van der Waals surface area (Å²) in [6.45, 7) is 2.77. The lowest BCUT2D eigenvalue weighted by atomic mass is 10.1. The number of nitrogens with one attached hydrogen (secondary N) is 1. The van der Waals surface area contributed by atoms with Gasteiger partial charge in [0.15, 0.2) is 11.7 Å². The molecule has 2 aromatic rings. The van der Waals surface area contributed by atoms with E-state index in [0.29, 0.717) is 17.3 Å². The molecule has 1 aliphatic heterocycles. The Morgan fingerprint density at radius 1 is 1.24 bits per heavy atom. The van der Waals surface area contributed by atoms with Crippen molar-refractivity contribution in [3.63, 3.8) is 0 Å². The Labute approximate surface area is 157 Å². The molecule has 1 fully saturated rings. The van der Waals surface area contributed by atoms with E-state index < -0.39 is 0 Å². The number of amides is 1. The largest absolute Gasteiger partial charge is 0.484 e. The monoisotopic (exact) mass is 379 g/mol. The third kappa shape index (κ3) is 5.61. The van der Waals surface area contributed by atoms with Crippen LogP contribution in [-0.4, -0.2) is 37.1 Å². The van der Waals surface area contributed by atoms with Crippen LogP contribution in [0, 0.1) is 0 Å². The average molecular weight is 380 g/mol. The summed E-state index contributed by atoms with van der Waals surface area (Å²) in [5, 5.41) is 6.69. The fraction of sp³-hybridized carbons (Fsp3) is 0.444. The zero-order valence-electron chi connectivity index (χ0n) is 14.0. The number of carbonyl (C=O) groups excluding carboxylic acids is 1. The van der Waals surface area contributed by atoms with Gasteiger partial charge in [0.1, 0.15) is 5.75 Å². The molecule has 7 heteroatoms. The van der Waals surface area contributed by atoms with E-state index in [1.807, 2.05) is 0 Å². The molecule has 0 atom stereocenters. The van der Waals surface area contributed by atoms with Gasteiger partial charge in [0.2, 0.25) is 0 Å². The van der Waals surface area contributed by atoms with Crippen molar-refractivity contribution in [3.8, 4) is 5.75 Å². The Morgan fingerprint density at radius 3 is 2.76 bits per heavy atom. The van der Waals surface area contributed by atoms with Crippen LogP contribution in [0.5, 0.6) is 5.75 Å². The Balaban J connectivity index is 1.36. The van der Waals surface area contributed by atoms with Crippen LogP contribution in [0.25, 0.3) is 0 Å². The van der Waals surface area contributed by atoms with Gasteiger partial charge in [-0.1, -0.05) is 11.6 Å². The molecule has 0 unspecified atom stereocenters. The summed E-state index contributed by atoms with van der Waals surface area (Å²) in [5.74, 6) is 0.492. The standard InChI is InChI=1S/C18H22ClN3O2S/c19-14-4-6-16(7-5-14)24-12-17(23)20-9-8-15-13-25-18(21-15)22-10-2-1-3-11-22/h4-7,13H,1-3,8-12H2,(H,20,23). The Morgan fingerprint density at radius 2 is 2.00 bits per heavy atom. The molecule has 0 aliphatic carbocycles. The third-order valence-corrected chi connectivity index (χ3v) is 5.26. The van der Waals surface area contributed by atoms with Crippen LogP contribution in [0.1, 0.15) is 25.0 Å². The number of rotatable bonds is 7. The average Bonchev–Trinajstić information content (AvgIpc) is 3.11. The maximum Gasteiger partial charge on any atom is 0.257 e. The molecule has 5 nitrogen and oxygen atoms in total. The first-order valence-electron chi connectivity index (χ1n) is 8.55. The maximum atomic E-state index is 11.8. The number of anilines is 1. The minimum absolute atomic E-state index is 0.00226. The predicted octanol–water partition coefficient (Wildman–Crippen LogP) is 3.52. The highest BCUT2D eigenvalue weighted by Gasteiger charge is 2.14. The second kappa shape index (κ2) is 9.06. The molecular formula is C18H22ClN3O2S. The fourth-order valence-corrected chi connectivity index (χ4v) is 3.74. The third-order valence-electron chi connectivity index (χ3n) is 4.05. The number of ether oxygens (including phenoxy) is 1. The van der Waals surface area contributed by atoms with E-state index in [0.717, 1.165) is 30.3 Å². The van der Waals surface area contributed by atoms with Crippen molar-refractivity contribution < 1.29 is 9.53 Å². The molecule has 0 bridgehead atoms.